The molecular weight excluding hydrogens is 268 g/mol. The average molecular weight is 286 g/mol. The zero-order chi connectivity index (χ0) is 14.3. The highest BCUT2D eigenvalue weighted by atomic mass is 32.2. The minimum absolute atomic E-state index is 0.127. The molecule has 7 heteroatoms. The normalized spacial score (nSPS) is 11.3. The topological polar surface area (TPSA) is 84.5 Å². The molecule has 1 amide bonds. The second-order valence-corrected chi connectivity index (χ2v) is 5.71. The van der Waals surface area contributed by atoms with E-state index in [9.17, 15) is 13.2 Å². The lowest BCUT2D eigenvalue weighted by molar-refractivity contribution is -0.119. The minimum atomic E-state index is -3.50. The quantitative estimate of drug-likeness (QED) is 0.704. The third-order valence-corrected chi connectivity index (χ3v) is 3.85. The van der Waals surface area contributed by atoms with Crippen LogP contribution in [0.1, 0.15) is 12.5 Å². The summed E-state index contributed by atoms with van der Waals surface area (Å²) in [5.41, 5.74) is 0.839. The Morgan fingerprint density at radius 3 is 2.42 bits per heavy atom. The first-order chi connectivity index (χ1) is 8.95. The van der Waals surface area contributed by atoms with Gasteiger partial charge in [-0.25, -0.2) is 13.1 Å². The van der Waals surface area contributed by atoms with Crippen LogP contribution in [-0.2, 0) is 26.1 Å². The third-order valence-electron chi connectivity index (χ3n) is 2.37. The molecule has 0 saturated heterocycles. The van der Waals surface area contributed by atoms with Gasteiger partial charge in [0.05, 0.1) is 11.5 Å². The van der Waals surface area contributed by atoms with Crippen molar-refractivity contribution in [1.29, 1.82) is 0 Å². The van der Waals surface area contributed by atoms with Crippen molar-refractivity contribution in [2.75, 3.05) is 20.3 Å². The van der Waals surface area contributed by atoms with Crippen LogP contribution >= 0.6 is 0 Å². The van der Waals surface area contributed by atoms with E-state index in [1.165, 1.54) is 26.2 Å². The van der Waals surface area contributed by atoms with E-state index in [0.29, 0.717) is 13.2 Å². The Morgan fingerprint density at radius 2 is 1.89 bits per heavy atom. The predicted molar refractivity (Wildman–Crippen MR) is 71.0 cm³/mol. The molecule has 0 heterocycles. The number of carbonyl (C=O) groups excluding carboxylic acids is 1. The van der Waals surface area contributed by atoms with E-state index >= 15 is 0 Å². The van der Waals surface area contributed by atoms with Gasteiger partial charge in [-0.1, -0.05) is 12.1 Å². The minimum Gasteiger partial charge on any atom is -0.383 e. The molecule has 0 aliphatic rings. The lowest BCUT2D eigenvalue weighted by atomic mass is 10.2. The van der Waals surface area contributed by atoms with Gasteiger partial charge in [0.1, 0.15) is 0 Å². The van der Waals surface area contributed by atoms with Gasteiger partial charge in [0, 0.05) is 27.1 Å². The molecule has 1 aromatic carbocycles. The summed E-state index contributed by atoms with van der Waals surface area (Å²) in [6.45, 7) is 2.36. The summed E-state index contributed by atoms with van der Waals surface area (Å²) in [6, 6.07) is 6.35. The van der Waals surface area contributed by atoms with Crippen molar-refractivity contribution in [3.05, 3.63) is 29.8 Å². The lowest BCUT2D eigenvalue weighted by Crippen LogP contribution is -2.27. The van der Waals surface area contributed by atoms with Crippen molar-refractivity contribution in [2.24, 2.45) is 0 Å². The molecule has 2 N–H and O–H groups in total. The Kier molecular flexibility index (Phi) is 5.94. The maximum atomic E-state index is 11.8. The predicted octanol–water partition coefficient (Wildman–Crippen LogP) is 0.247. The zero-order valence-electron chi connectivity index (χ0n) is 11.0. The Bertz CT molecular complexity index is 511. The monoisotopic (exact) mass is 286 g/mol. The first kappa shape index (κ1) is 15.6. The van der Waals surface area contributed by atoms with Gasteiger partial charge < -0.3 is 10.1 Å². The van der Waals surface area contributed by atoms with Gasteiger partial charge in [-0.2, -0.15) is 0 Å². The van der Waals surface area contributed by atoms with Crippen LogP contribution in [0.2, 0.25) is 0 Å². The summed E-state index contributed by atoms with van der Waals surface area (Å²) in [6.07, 6.45) is 0. The number of sulfonamides is 1. The fraction of sp³-hybridized carbons (Fsp3) is 0.417. The van der Waals surface area contributed by atoms with E-state index < -0.39 is 10.0 Å². The molecule has 1 rings (SSSR count). The average Bonchev–Trinajstić information content (AvgIpc) is 2.37. The van der Waals surface area contributed by atoms with Crippen LogP contribution in [0.4, 0.5) is 0 Å². The summed E-state index contributed by atoms with van der Waals surface area (Å²) >= 11 is 0. The highest BCUT2D eigenvalue weighted by Crippen LogP contribution is 2.10. The van der Waals surface area contributed by atoms with Gasteiger partial charge in [0.2, 0.25) is 15.9 Å². The number of rotatable bonds is 7. The van der Waals surface area contributed by atoms with Crippen molar-refractivity contribution in [2.45, 2.75) is 18.4 Å². The number of amides is 1. The third kappa shape index (κ3) is 5.37. The van der Waals surface area contributed by atoms with Crippen molar-refractivity contribution in [1.82, 2.24) is 10.0 Å². The van der Waals surface area contributed by atoms with E-state index in [-0.39, 0.29) is 17.3 Å². The number of ether oxygens (including phenoxy) is 1. The molecule has 0 radical (unpaired) electrons. The van der Waals surface area contributed by atoms with Gasteiger partial charge in [0.15, 0.2) is 0 Å². The molecule has 0 fully saturated rings. The molecule has 0 atom stereocenters. The highest BCUT2D eigenvalue weighted by molar-refractivity contribution is 7.89. The van der Waals surface area contributed by atoms with Crippen LogP contribution in [0.25, 0.3) is 0 Å². The maximum Gasteiger partial charge on any atom is 0.240 e. The molecule has 0 aromatic heterocycles. The number of carbonyl (C=O) groups is 1. The maximum absolute atomic E-state index is 11.8. The standard InChI is InChI=1S/C12H18N2O4S/c1-10(15)13-9-11-3-5-12(6-4-11)19(16,17)14-7-8-18-2/h3-6,14H,7-9H2,1-2H3,(H,13,15). The molecule has 106 valence electrons. The highest BCUT2D eigenvalue weighted by Gasteiger charge is 2.12. The van der Waals surface area contributed by atoms with E-state index in [1.54, 1.807) is 12.1 Å². The molecule has 1 aromatic rings. The molecular formula is C12H18N2O4S. The smallest absolute Gasteiger partial charge is 0.240 e. The second-order valence-electron chi connectivity index (χ2n) is 3.94. The van der Waals surface area contributed by atoms with Crippen molar-refractivity contribution in [3.8, 4) is 0 Å². The van der Waals surface area contributed by atoms with E-state index in [2.05, 4.69) is 10.0 Å². The van der Waals surface area contributed by atoms with E-state index in [4.69, 9.17) is 4.74 Å². The van der Waals surface area contributed by atoms with Gasteiger partial charge >= 0.3 is 0 Å². The van der Waals surface area contributed by atoms with Crippen LogP contribution in [0, 0.1) is 0 Å². The molecule has 0 unspecified atom stereocenters. The number of hydrogen-bond donors (Lipinski definition) is 2. The number of methoxy groups -OCH3 is 1. The van der Waals surface area contributed by atoms with Crippen molar-refractivity contribution >= 4 is 15.9 Å². The molecule has 19 heavy (non-hydrogen) atoms. The van der Waals surface area contributed by atoms with Crippen LogP contribution in [-0.4, -0.2) is 34.6 Å². The SMILES string of the molecule is COCCNS(=O)(=O)c1ccc(CNC(C)=O)cc1. The number of nitrogens with one attached hydrogen (secondary N) is 2. The van der Waals surface area contributed by atoms with Crippen LogP contribution in [0.15, 0.2) is 29.2 Å². The van der Waals surface area contributed by atoms with E-state index in [1.807, 2.05) is 0 Å². The Hall–Kier alpha value is -1.44. The Balaban J connectivity index is 2.66. The van der Waals surface area contributed by atoms with E-state index in [0.717, 1.165) is 5.56 Å². The van der Waals surface area contributed by atoms with Crippen LogP contribution in [0.5, 0.6) is 0 Å². The summed E-state index contributed by atoms with van der Waals surface area (Å²) in [5, 5.41) is 2.64. The number of hydrogen-bond acceptors (Lipinski definition) is 4. The largest absolute Gasteiger partial charge is 0.383 e. The van der Waals surface area contributed by atoms with Gasteiger partial charge in [0.25, 0.3) is 0 Å². The molecule has 0 bridgehead atoms. The fourth-order valence-corrected chi connectivity index (χ4v) is 2.39. The molecule has 0 aliphatic carbocycles. The molecule has 0 aliphatic heterocycles. The molecule has 6 nitrogen and oxygen atoms in total. The van der Waals surface area contributed by atoms with Gasteiger partial charge in [-0.15, -0.1) is 0 Å². The summed E-state index contributed by atoms with van der Waals surface area (Å²) in [5.74, 6) is -0.127. The lowest BCUT2D eigenvalue weighted by Gasteiger charge is -2.07. The Labute approximate surface area is 113 Å². The summed E-state index contributed by atoms with van der Waals surface area (Å²) in [7, 11) is -1.99. The first-order valence-electron chi connectivity index (χ1n) is 5.77. The molecule has 0 spiro atoms. The summed E-state index contributed by atoms with van der Waals surface area (Å²) in [4.78, 5) is 11.0. The Morgan fingerprint density at radius 1 is 1.26 bits per heavy atom. The summed E-state index contributed by atoms with van der Waals surface area (Å²) < 4.78 is 30.9. The van der Waals surface area contributed by atoms with Crippen molar-refractivity contribution in [3.63, 3.8) is 0 Å². The van der Waals surface area contributed by atoms with Crippen LogP contribution in [0.3, 0.4) is 0 Å². The fourth-order valence-electron chi connectivity index (χ4n) is 1.37. The zero-order valence-corrected chi connectivity index (χ0v) is 11.8. The second kappa shape index (κ2) is 7.22. The van der Waals surface area contributed by atoms with Crippen LogP contribution < -0.4 is 10.0 Å². The van der Waals surface area contributed by atoms with Gasteiger partial charge in [-0.3, -0.25) is 4.79 Å². The first-order valence-corrected chi connectivity index (χ1v) is 7.26. The molecule has 0 saturated carbocycles. The van der Waals surface area contributed by atoms with Gasteiger partial charge in [-0.05, 0) is 17.7 Å². The number of benzene rings is 1. The van der Waals surface area contributed by atoms with Crippen molar-refractivity contribution < 1.29 is 17.9 Å².